The van der Waals surface area contributed by atoms with E-state index in [1.807, 2.05) is 51.1 Å². The van der Waals surface area contributed by atoms with E-state index < -0.39 is 11.2 Å². The van der Waals surface area contributed by atoms with Crippen LogP contribution in [-0.4, -0.2) is 15.0 Å². The highest BCUT2D eigenvalue weighted by atomic mass is 16.2. The summed E-state index contributed by atoms with van der Waals surface area (Å²) in [6.07, 6.45) is 3.44. The molecule has 158 valence electrons. The molecule has 1 aromatic carbocycles. The molecule has 1 heterocycles. The largest absolute Gasteiger partial charge is 0.383 e. The lowest BCUT2D eigenvalue weighted by molar-refractivity contribution is -0.120. The van der Waals surface area contributed by atoms with Gasteiger partial charge in [0.05, 0.1) is 0 Å². The van der Waals surface area contributed by atoms with Crippen molar-refractivity contribution in [2.24, 2.45) is 5.92 Å². The lowest BCUT2D eigenvalue weighted by Crippen LogP contribution is -2.43. The van der Waals surface area contributed by atoms with Gasteiger partial charge < -0.3 is 11.1 Å². The topological polar surface area (TPSA) is 99.1 Å². The smallest absolute Gasteiger partial charge is 0.332 e. The lowest BCUT2D eigenvalue weighted by Gasteiger charge is -2.19. The molecule has 0 saturated carbocycles. The van der Waals surface area contributed by atoms with E-state index in [4.69, 9.17) is 5.73 Å². The van der Waals surface area contributed by atoms with Crippen LogP contribution >= 0.6 is 0 Å². The Morgan fingerprint density at radius 1 is 1.00 bits per heavy atom. The molecule has 0 radical (unpaired) electrons. The van der Waals surface area contributed by atoms with E-state index >= 15 is 0 Å². The van der Waals surface area contributed by atoms with Gasteiger partial charge in [-0.05, 0) is 31.2 Å². The van der Waals surface area contributed by atoms with Gasteiger partial charge in [-0.1, -0.05) is 57.5 Å². The highest BCUT2D eigenvalue weighted by molar-refractivity contribution is 5.94. The maximum atomic E-state index is 13.0. The number of hydrogen-bond donors (Lipinski definition) is 2. The fourth-order valence-electron chi connectivity index (χ4n) is 3.49. The highest BCUT2D eigenvalue weighted by Gasteiger charge is 2.23. The van der Waals surface area contributed by atoms with Crippen LogP contribution in [0.25, 0.3) is 0 Å². The molecule has 0 aliphatic heterocycles. The van der Waals surface area contributed by atoms with Gasteiger partial charge in [0.25, 0.3) is 5.56 Å². The Bertz CT molecular complexity index is 932. The van der Waals surface area contributed by atoms with Crippen molar-refractivity contribution >= 4 is 17.4 Å². The summed E-state index contributed by atoms with van der Waals surface area (Å²) in [6.45, 7) is 6.51. The number of aromatic nitrogens is 2. The third kappa shape index (κ3) is 5.37. The maximum Gasteiger partial charge on any atom is 0.332 e. The van der Waals surface area contributed by atoms with Gasteiger partial charge in [0.2, 0.25) is 5.91 Å². The van der Waals surface area contributed by atoms with Crippen LogP contribution in [-0.2, 0) is 24.3 Å². The van der Waals surface area contributed by atoms with E-state index in [0.29, 0.717) is 32.2 Å². The number of nitrogen functional groups attached to an aromatic ring is 1. The molecule has 0 fully saturated rings. The maximum absolute atomic E-state index is 13.0. The minimum absolute atomic E-state index is 0.00525. The van der Waals surface area contributed by atoms with Gasteiger partial charge in [0, 0.05) is 19.0 Å². The summed E-state index contributed by atoms with van der Waals surface area (Å²) in [5.74, 6) is -0.505. The molecule has 7 heteroatoms. The molecule has 0 aliphatic carbocycles. The Labute approximate surface area is 171 Å². The zero-order valence-corrected chi connectivity index (χ0v) is 17.6. The SMILES string of the molecule is CCCC(Cc1ccccc1)C(=O)Nc1c(N)n(CCC)c(=O)n(CCC)c1=O. The Kier molecular flexibility index (Phi) is 8.24. The molecule has 1 amide bonds. The number of nitrogens with one attached hydrogen (secondary N) is 1. The standard InChI is InChI=1S/C22H32N4O3/c1-4-10-17(15-16-11-8-7-9-12-16)20(27)24-18-19(23)25(13-5-2)22(29)26(14-6-3)21(18)28/h7-9,11-12,17H,4-6,10,13-15,23H2,1-3H3,(H,24,27). The first-order chi connectivity index (χ1) is 13.9. The molecule has 0 aliphatic rings. The van der Waals surface area contributed by atoms with Gasteiger partial charge in [0.15, 0.2) is 0 Å². The Hall–Kier alpha value is -2.83. The van der Waals surface area contributed by atoms with E-state index in [1.54, 1.807) is 0 Å². The van der Waals surface area contributed by atoms with Crippen LogP contribution in [0.4, 0.5) is 11.5 Å². The molecule has 7 nitrogen and oxygen atoms in total. The Morgan fingerprint density at radius 3 is 2.21 bits per heavy atom. The van der Waals surface area contributed by atoms with Crippen LogP contribution in [0.5, 0.6) is 0 Å². The first-order valence-electron chi connectivity index (χ1n) is 10.4. The Morgan fingerprint density at radius 2 is 1.62 bits per heavy atom. The zero-order chi connectivity index (χ0) is 21.4. The molecule has 0 spiro atoms. The number of rotatable bonds is 10. The summed E-state index contributed by atoms with van der Waals surface area (Å²) in [4.78, 5) is 38.6. The monoisotopic (exact) mass is 400 g/mol. The normalized spacial score (nSPS) is 12.0. The number of carbonyl (C=O) groups excluding carboxylic acids is 1. The van der Waals surface area contributed by atoms with Gasteiger partial charge in [0.1, 0.15) is 11.5 Å². The summed E-state index contributed by atoms with van der Waals surface area (Å²) in [5, 5.41) is 2.75. The summed E-state index contributed by atoms with van der Waals surface area (Å²) >= 11 is 0. The van der Waals surface area contributed by atoms with Gasteiger partial charge in [-0.2, -0.15) is 0 Å². The van der Waals surface area contributed by atoms with E-state index in [2.05, 4.69) is 5.32 Å². The molecule has 29 heavy (non-hydrogen) atoms. The second kappa shape index (κ2) is 10.6. The van der Waals surface area contributed by atoms with Crippen LogP contribution in [0, 0.1) is 5.92 Å². The van der Waals surface area contributed by atoms with E-state index in [9.17, 15) is 14.4 Å². The van der Waals surface area contributed by atoms with Crippen molar-refractivity contribution in [3.05, 3.63) is 56.7 Å². The van der Waals surface area contributed by atoms with Crippen molar-refractivity contribution in [1.29, 1.82) is 0 Å². The first-order valence-corrected chi connectivity index (χ1v) is 10.4. The molecule has 3 N–H and O–H groups in total. The lowest BCUT2D eigenvalue weighted by atomic mass is 9.94. The van der Waals surface area contributed by atoms with Crippen LogP contribution in [0.15, 0.2) is 39.9 Å². The molecule has 2 aromatic rings. The molecule has 2 rings (SSSR count). The summed E-state index contributed by atoms with van der Waals surface area (Å²) < 4.78 is 2.53. The van der Waals surface area contributed by atoms with E-state index in [1.165, 1.54) is 4.57 Å². The van der Waals surface area contributed by atoms with Crippen LogP contribution in [0.1, 0.15) is 52.0 Å². The third-order valence-electron chi connectivity index (χ3n) is 4.94. The molecule has 1 atom stereocenters. The molecular weight excluding hydrogens is 368 g/mol. The van der Waals surface area contributed by atoms with Crippen LogP contribution in [0.2, 0.25) is 0 Å². The summed E-state index contributed by atoms with van der Waals surface area (Å²) in [5.41, 5.74) is 6.25. The minimum atomic E-state index is -0.537. The van der Waals surface area contributed by atoms with Gasteiger partial charge in [-0.15, -0.1) is 0 Å². The highest BCUT2D eigenvalue weighted by Crippen LogP contribution is 2.18. The third-order valence-corrected chi connectivity index (χ3v) is 4.94. The van der Waals surface area contributed by atoms with Crippen LogP contribution in [0.3, 0.4) is 0 Å². The van der Waals surface area contributed by atoms with Crippen molar-refractivity contribution < 1.29 is 4.79 Å². The van der Waals surface area contributed by atoms with Crippen molar-refractivity contribution in [3.8, 4) is 0 Å². The second-order valence-corrected chi connectivity index (χ2v) is 7.32. The second-order valence-electron chi connectivity index (χ2n) is 7.32. The van der Waals surface area contributed by atoms with Gasteiger partial charge in [-0.25, -0.2) is 4.79 Å². The van der Waals surface area contributed by atoms with Crippen molar-refractivity contribution in [1.82, 2.24) is 9.13 Å². The fourth-order valence-corrected chi connectivity index (χ4v) is 3.49. The van der Waals surface area contributed by atoms with E-state index in [0.717, 1.165) is 16.6 Å². The summed E-state index contributed by atoms with van der Waals surface area (Å²) in [7, 11) is 0. The van der Waals surface area contributed by atoms with Gasteiger partial charge >= 0.3 is 5.69 Å². The van der Waals surface area contributed by atoms with Gasteiger partial charge in [-0.3, -0.25) is 18.7 Å². The number of nitrogens with two attached hydrogens (primary N) is 1. The van der Waals surface area contributed by atoms with Crippen molar-refractivity contribution in [2.75, 3.05) is 11.1 Å². The number of benzene rings is 1. The Balaban J connectivity index is 2.40. The van der Waals surface area contributed by atoms with E-state index in [-0.39, 0.29) is 29.9 Å². The minimum Gasteiger partial charge on any atom is -0.383 e. The average Bonchev–Trinajstić information content (AvgIpc) is 2.72. The molecule has 0 bridgehead atoms. The predicted octanol–water partition coefficient (Wildman–Crippen LogP) is 3.01. The molecule has 1 unspecified atom stereocenters. The first kappa shape index (κ1) is 22.5. The molecule has 0 saturated heterocycles. The molecular formula is C22H32N4O3. The number of carbonyl (C=O) groups is 1. The van der Waals surface area contributed by atoms with Crippen LogP contribution < -0.4 is 22.3 Å². The van der Waals surface area contributed by atoms with Crippen molar-refractivity contribution in [2.45, 2.75) is 66.0 Å². The number of anilines is 2. The number of amides is 1. The van der Waals surface area contributed by atoms with Crippen molar-refractivity contribution in [3.63, 3.8) is 0 Å². The zero-order valence-electron chi connectivity index (χ0n) is 17.6. The quantitative estimate of drug-likeness (QED) is 0.640. The number of hydrogen-bond acceptors (Lipinski definition) is 4. The molecule has 1 aromatic heterocycles. The summed E-state index contributed by atoms with van der Waals surface area (Å²) in [6, 6.07) is 9.79. The number of nitrogens with zero attached hydrogens (tertiary/aromatic N) is 2. The average molecular weight is 401 g/mol. The fraction of sp³-hybridized carbons (Fsp3) is 0.500. The predicted molar refractivity (Wildman–Crippen MR) is 117 cm³/mol.